The average Bonchev–Trinajstić information content (AvgIpc) is 3.53. The third-order valence-corrected chi connectivity index (χ3v) is 9.46. The second-order valence-corrected chi connectivity index (χ2v) is 13.7. The van der Waals surface area contributed by atoms with Crippen LogP contribution in [-0.2, 0) is 21.0 Å². The first kappa shape index (κ1) is 34.7. The topological polar surface area (TPSA) is 138 Å². The Bertz CT molecular complexity index is 1910. The number of aromatic nitrogens is 1. The quantitative estimate of drug-likeness (QED) is 0.179. The molecule has 0 aliphatic carbocycles. The Morgan fingerprint density at radius 1 is 1.00 bits per heavy atom. The highest BCUT2D eigenvalue weighted by molar-refractivity contribution is 7.93. The first-order chi connectivity index (χ1) is 23.2. The van der Waals surface area contributed by atoms with E-state index in [0.717, 1.165) is 50.4 Å². The molecule has 1 atom stereocenters. The first-order valence-electron chi connectivity index (χ1n) is 15.6. The van der Waals surface area contributed by atoms with E-state index < -0.39 is 15.6 Å². The zero-order chi connectivity index (χ0) is 33.9. The van der Waals surface area contributed by atoms with Crippen molar-refractivity contribution in [2.45, 2.75) is 18.4 Å². The largest absolute Gasteiger partial charge is 0.459 e. The van der Waals surface area contributed by atoms with Crippen LogP contribution in [0.25, 0.3) is 0 Å². The first-order valence-corrected chi connectivity index (χ1v) is 17.5. The molecule has 4 aromatic rings. The number of nitrogens with one attached hydrogen (secondary N) is 1. The molecule has 2 aromatic heterocycles. The second kappa shape index (κ2) is 16.5. The Balaban J connectivity index is 1.18. The summed E-state index contributed by atoms with van der Waals surface area (Å²) >= 11 is 0. The van der Waals surface area contributed by atoms with Crippen LogP contribution in [0, 0.1) is 18.8 Å². The van der Waals surface area contributed by atoms with Gasteiger partial charge in [0.25, 0.3) is 11.8 Å². The van der Waals surface area contributed by atoms with E-state index in [1.165, 1.54) is 24.9 Å². The van der Waals surface area contributed by atoms with Gasteiger partial charge in [0.2, 0.25) is 0 Å². The molecule has 1 aliphatic rings. The van der Waals surface area contributed by atoms with E-state index in [9.17, 15) is 13.8 Å². The SMILES string of the molecule is Cc1ccoc1C(=O)Nc1cccc(C#Cc2cncc(C(=O)N=S(C)(=O)c3ccc(CN4CCN(CCOCCO)CC4)cc3)c2)c1. The molecule has 2 aromatic carbocycles. The standard InChI is InChI=1S/C36H39N5O6S/c1-27-12-19-47-34(27)36(44)38-32-5-3-4-28(23-32)6-7-30-22-31(25-37-24-30)35(43)39-48(2,45)33-10-8-29(9-11-33)26-41-15-13-40(14-16-41)17-20-46-21-18-42/h3-5,8-12,19,22-25,42H,13-18,20-21,26H2,1-2H3,(H,38,44). The average molecular weight is 670 g/mol. The highest BCUT2D eigenvalue weighted by Crippen LogP contribution is 2.18. The van der Waals surface area contributed by atoms with Gasteiger partial charge in [-0.2, -0.15) is 4.36 Å². The molecule has 1 aliphatic heterocycles. The number of anilines is 1. The van der Waals surface area contributed by atoms with Crippen molar-refractivity contribution in [2.24, 2.45) is 4.36 Å². The fraction of sp³-hybridized carbons (Fsp3) is 0.306. The number of ether oxygens (including phenoxy) is 1. The Morgan fingerprint density at radius 2 is 1.75 bits per heavy atom. The molecule has 0 bridgehead atoms. The Hall–Kier alpha value is -4.64. The summed E-state index contributed by atoms with van der Waals surface area (Å²) in [5.41, 5.74) is 3.71. The van der Waals surface area contributed by atoms with Crippen LogP contribution < -0.4 is 5.32 Å². The van der Waals surface area contributed by atoms with Gasteiger partial charge in [-0.15, -0.1) is 0 Å². The van der Waals surface area contributed by atoms with Gasteiger partial charge in [0.15, 0.2) is 5.76 Å². The third-order valence-electron chi connectivity index (χ3n) is 7.80. The van der Waals surface area contributed by atoms with Gasteiger partial charge in [0, 0.05) is 85.2 Å². The molecule has 0 radical (unpaired) electrons. The molecule has 12 heteroatoms. The molecule has 1 saturated heterocycles. The zero-order valence-electron chi connectivity index (χ0n) is 27.1. The Morgan fingerprint density at radius 3 is 2.48 bits per heavy atom. The maximum atomic E-state index is 13.5. The van der Waals surface area contributed by atoms with Crippen molar-refractivity contribution in [1.29, 1.82) is 0 Å². The molecule has 5 rings (SSSR count). The lowest BCUT2D eigenvalue weighted by Crippen LogP contribution is -2.46. The molecule has 0 spiro atoms. The van der Waals surface area contributed by atoms with Crippen molar-refractivity contribution in [3.63, 3.8) is 0 Å². The number of carbonyl (C=O) groups excluding carboxylic acids is 2. The molecule has 3 heterocycles. The number of rotatable bonds is 11. The molecule has 2 amide bonds. The maximum Gasteiger partial charge on any atom is 0.291 e. The number of benzene rings is 2. The lowest BCUT2D eigenvalue weighted by molar-refractivity contribution is 0.0564. The van der Waals surface area contributed by atoms with Crippen molar-refractivity contribution in [3.8, 4) is 11.8 Å². The fourth-order valence-electron chi connectivity index (χ4n) is 5.14. The van der Waals surface area contributed by atoms with Crippen molar-refractivity contribution in [1.82, 2.24) is 14.8 Å². The van der Waals surface area contributed by atoms with Gasteiger partial charge in [0.1, 0.15) is 0 Å². The van der Waals surface area contributed by atoms with Gasteiger partial charge < -0.3 is 19.6 Å². The van der Waals surface area contributed by atoms with E-state index in [0.29, 0.717) is 34.9 Å². The van der Waals surface area contributed by atoms with Crippen LogP contribution in [0.5, 0.6) is 0 Å². The third kappa shape index (κ3) is 9.70. The summed E-state index contributed by atoms with van der Waals surface area (Å²) in [6.45, 7) is 8.23. The number of hydrogen-bond donors (Lipinski definition) is 2. The summed E-state index contributed by atoms with van der Waals surface area (Å²) < 4.78 is 28.2. The minimum Gasteiger partial charge on any atom is -0.459 e. The lowest BCUT2D eigenvalue weighted by atomic mass is 10.1. The summed E-state index contributed by atoms with van der Waals surface area (Å²) in [7, 11) is -3.01. The molecule has 11 nitrogen and oxygen atoms in total. The molecule has 1 fully saturated rings. The van der Waals surface area contributed by atoms with E-state index in [4.69, 9.17) is 14.3 Å². The van der Waals surface area contributed by atoms with E-state index in [2.05, 4.69) is 36.3 Å². The van der Waals surface area contributed by atoms with Gasteiger partial charge in [-0.1, -0.05) is 30.0 Å². The molecule has 48 heavy (non-hydrogen) atoms. The monoisotopic (exact) mass is 669 g/mol. The summed E-state index contributed by atoms with van der Waals surface area (Å²) in [6.07, 6.45) is 5.84. The fourth-order valence-corrected chi connectivity index (χ4v) is 6.31. The van der Waals surface area contributed by atoms with Crippen molar-refractivity contribution < 1.29 is 28.1 Å². The Labute approximate surface area is 281 Å². The molecule has 0 saturated carbocycles. The number of carbonyl (C=O) groups is 2. The number of aryl methyl sites for hydroxylation is 1. The van der Waals surface area contributed by atoms with Gasteiger partial charge in [0.05, 0.1) is 41.4 Å². The number of aliphatic hydroxyl groups excluding tert-OH is 1. The van der Waals surface area contributed by atoms with Gasteiger partial charge in [-0.25, -0.2) is 4.21 Å². The van der Waals surface area contributed by atoms with Crippen LogP contribution in [0.15, 0.2) is 93.0 Å². The minimum atomic E-state index is -3.01. The predicted octanol–water partition coefficient (Wildman–Crippen LogP) is 4.06. The van der Waals surface area contributed by atoms with Crippen molar-refractivity contribution in [2.75, 3.05) is 64.1 Å². The number of hydrogen-bond acceptors (Lipinski definition) is 9. The molecular formula is C36H39N5O6S. The summed E-state index contributed by atoms with van der Waals surface area (Å²) in [5.74, 6) is 5.28. The van der Waals surface area contributed by atoms with Crippen LogP contribution in [-0.4, -0.2) is 94.7 Å². The smallest absolute Gasteiger partial charge is 0.291 e. The van der Waals surface area contributed by atoms with Crippen LogP contribution in [0.2, 0.25) is 0 Å². The number of furan rings is 1. The number of amides is 2. The van der Waals surface area contributed by atoms with Gasteiger partial charge in [-0.05, 0) is 55.0 Å². The van der Waals surface area contributed by atoms with Crippen molar-refractivity contribution in [3.05, 3.63) is 113 Å². The number of piperazine rings is 1. The van der Waals surface area contributed by atoms with Crippen LogP contribution in [0.3, 0.4) is 0 Å². The van der Waals surface area contributed by atoms with Crippen molar-refractivity contribution >= 4 is 27.2 Å². The molecule has 2 N–H and O–H groups in total. The van der Waals surface area contributed by atoms with Gasteiger partial charge >= 0.3 is 0 Å². The number of aliphatic hydroxyl groups is 1. The summed E-state index contributed by atoms with van der Waals surface area (Å²) in [5, 5.41) is 11.6. The van der Waals surface area contributed by atoms with Crippen LogP contribution in [0.1, 0.15) is 43.2 Å². The molecule has 250 valence electrons. The summed E-state index contributed by atoms with van der Waals surface area (Å²) in [4.78, 5) is 34.9. The van der Waals surface area contributed by atoms with E-state index >= 15 is 0 Å². The maximum absolute atomic E-state index is 13.5. The van der Waals surface area contributed by atoms with Crippen LogP contribution in [0.4, 0.5) is 5.69 Å². The number of pyridine rings is 1. The zero-order valence-corrected chi connectivity index (χ0v) is 27.9. The highest BCUT2D eigenvalue weighted by Gasteiger charge is 2.18. The van der Waals surface area contributed by atoms with Crippen LogP contribution >= 0.6 is 0 Å². The molecule has 1 unspecified atom stereocenters. The normalized spacial score (nSPS) is 14.8. The van der Waals surface area contributed by atoms with E-state index in [1.807, 2.05) is 12.1 Å². The van der Waals surface area contributed by atoms with Gasteiger partial charge in [-0.3, -0.25) is 24.4 Å². The van der Waals surface area contributed by atoms with E-state index in [-0.39, 0.29) is 23.8 Å². The lowest BCUT2D eigenvalue weighted by Gasteiger charge is -2.34. The summed E-state index contributed by atoms with van der Waals surface area (Å²) in [6, 6.07) is 17.8. The minimum absolute atomic E-state index is 0.0434. The highest BCUT2D eigenvalue weighted by atomic mass is 32.2. The van der Waals surface area contributed by atoms with E-state index in [1.54, 1.807) is 55.5 Å². The predicted molar refractivity (Wildman–Crippen MR) is 183 cm³/mol. The number of nitrogens with zero attached hydrogens (tertiary/aromatic N) is 4. The second-order valence-electron chi connectivity index (χ2n) is 11.5. The Kier molecular flexibility index (Phi) is 11.9. The molecular weight excluding hydrogens is 630 g/mol.